The van der Waals surface area contributed by atoms with Crippen LogP contribution in [-0.4, -0.2) is 55.8 Å². The van der Waals surface area contributed by atoms with Crippen molar-refractivity contribution in [1.29, 1.82) is 0 Å². The van der Waals surface area contributed by atoms with E-state index in [0.717, 1.165) is 44.2 Å². The van der Waals surface area contributed by atoms with E-state index in [4.69, 9.17) is 0 Å². The molecule has 19 heavy (non-hydrogen) atoms. The van der Waals surface area contributed by atoms with Crippen LogP contribution in [0.2, 0.25) is 0 Å². The lowest BCUT2D eigenvalue weighted by Gasteiger charge is -2.30. The van der Waals surface area contributed by atoms with Gasteiger partial charge in [0.25, 0.3) is 0 Å². The molecule has 0 atom stereocenters. The molecule has 1 aliphatic rings. The molecular formula is C15H28N4. The number of hydrogen-bond acceptors (Lipinski definition) is 4. The van der Waals surface area contributed by atoms with Gasteiger partial charge in [-0.25, -0.2) is 4.99 Å². The van der Waals surface area contributed by atoms with E-state index >= 15 is 0 Å². The van der Waals surface area contributed by atoms with Crippen LogP contribution in [0.25, 0.3) is 0 Å². The van der Waals surface area contributed by atoms with Crippen molar-refractivity contribution in [2.45, 2.75) is 20.8 Å². The van der Waals surface area contributed by atoms with Crippen LogP contribution in [0.5, 0.6) is 0 Å². The number of hydrogen-bond donors (Lipinski definition) is 1. The van der Waals surface area contributed by atoms with Crippen molar-refractivity contribution in [3.05, 3.63) is 24.2 Å². The van der Waals surface area contributed by atoms with Crippen molar-refractivity contribution < 1.29 is 0 Å². The molecule has 0 aliphatic carbocycles. The van der Waals surface area contributed by atoms with E-state index in [1.165, 1.54) is 0 Å². The third kappa shape index (κ3) is 5.47. The van der Waals surface area contributed by atoms with Crippen molar-refractivity contribution in [1.82, 2.24) is 15.1 Å². The van der Waals surface area contributed by atoms with Crippen LogP contribution in [0, 0.1) is 5.92 Å². The molecule has 0 aromatic carbocycles. The second-order valence-corrected chi connectivity index (χ2v) is 5.39. The highest BCUT2D eigenvalue weighted by molar-refractivity contribution is 5.55. The molecule has 1 aliphatic heterocycles. The van der Waals surface area contributed by atoms with Gasteiger partial charge in [-0.3, -0.25) is 0 Å². The Bertz CT molecular complexity index is 338. The molecule has 0 bridgehead atoms. The van der Waals surface area contributed by atoms with E-state index in [0.29, 0.717) is 5.92 Å². The Balaban J connectivity index is 2.73. The summed E-state index contributed by atoms with van der Waals surface area (Å²) < 4.78 is 0. The highest BCUT2D eigenvalue weighted by atomic mass is 15.3. The fourth-order valence-corrected chi connectivity index (χ4v) is 2.16. The quantitative estimate of drug-likeness (QED) is 0.587. The van der Waals surface area contributed by atoms with Crippen molar-refractivity contribution in [3.8, 4) is 0 Å². The molecule has 0 unspecified atom stereocenters. The van der Waals surface area contributed by atoms with Crippen LogP contribution in [-0.2, 0) is 0 Å². The number of aliphatic imine (C=N–C) groups is 1. The third-order valence-electron chi connectivity index (χ3n) is 3.13. The van der Waals surface area contributed by atoms with Gasteiger partial charge >= 0.3 is 0 Å². The van der Waals surface area contributed by atoms with E-state index in [1.807, 2.05) is 13.1 Å². The first-order valence-electron chi connectivity index (χ1n) is 7.10. The molecule has 1 rings (SSSR count). The Labute approximate surface area is 117 Å². The van der Waals surface area contributed by atoms with Gasteiger partial charge in [0.05, 0.1) is 0 Å². The lowest BCUT2D eigenvalue weighted by atomic mass is 10.2. The SMILES string of the molecule is C=C(/C=C(\N=C/C)N1CCNCC1)N(C)CC(C)C. The second kappa shape index (κ2) is 8.00. The molecule has 4 nitrogen and oxygen atoms in total. The molecule has 1 N–H and O–H groups in total. The molecule has 1 heterocycles. The molecule has 1 saturated heterocycles. The van der Waals surface area contributed by atoms with E-state index < -0.39 is 0 Å². The maximum absolute atomic E-state index is 4.50. The van der Waals surface area contributed by atoms with Gasteiger partial charge in [-0.2, -0.15) is 0 Å². The van der Waals surface area contributed by atoms with Gasteiger partial charge in [-0.1, -0.05) is 20.4 Å². The summed E-state index contributed by atoms with van der Waals surface area (Å²) in [4.78, 5) is 9.00. The fraction of sp³-hybridized carbons (Fsp3) is 0.667. The summed E-state index contributed by atoms with van der Waals surface area (Å²) in [5.74, 6) is 1.65. The highest BCUT2D eigenvalue weighted by Crippen LogP contribution is 2.13. The van der Waals surface area contributed by atoms with Gasteiger partial charge in [0.15, 0.2) is 0 Å². The highest BCUT2D eigenvalue weighted by Gasteiger charge is 2.13. The maximum Gasteiger partial charge on any atom is 0.130 e. The molecule has 0 aromatic rings. The van der Waals surface area contributed by atoms with Gasteiger partial charge in [0.2, 0.25) is 0 Å². The number of nitrogens with one attached hydrogen (secondary N) is 1. The van der Waals surface area contributed by atoms with E-state index in [2.05, 4.69) is 53.7 Å². The van der Waals surface area contributed by atoms with Crippen molar-refractivity contribution in [3.63, 3.8) is 0 Å². The van der Waals surface area contributed by atoms with E-state index in [1.54, 1.807) is 0 Å². The maximum atomic E-state index is 4.50. The van der Waals surface area contributed by atoms with E-state index in [9.17, 15) is 0 Å². The predicted molar refractivity (Wildman–Crippen MR) is 83.3 cm³/mol. The number of rotatable bonds is 6. The van der Waals surface area contributed by atoms with Crippen LogP contribution < -0.4 is 5.32 Å². The van der Waals surface area contributed by atoms with Gasteiger partial charge in [0.1, 0.15) is 5.82 Å². The topological polar surface area (TPSA) is 30.9 Å². The first-order chi connectivity index (χ1) is 9.04. The number of likely N-dealkylation sites (N-methyl/N-ethyl adjacent to an activating group) is 1. The van der Waals surface area contributed by atoms with E-state index in [-0.39, 0.29) is 0 Å². The average Bonchev–Trinajstić information content (AvgIpc) is 2.38. The van der Waals surface area contributed by atoms with Crippen molar-refractivity contribution in [2.24, 2.45) is 10.9 Å². The number of allylic oxidation sites excluding steroid dienone is 1. The minimum Gasteiger partial charge on any atom is -0.375 e. The molecule has 1 fully saturated rings. The molecule has 0 saturated carbocycles. The van der Waals surface area contributed by atoms with Gasteiger partial charge in [-0.05, 0) is 12.8 Å². The summed E-state index contributed by atoms with van der Waals surface area (Å²) in [7, 11) is 2.09. The van der Waals surface area contributed by atoms with Crippen LogP contribution in [0.1, 0.15) is 20.8 Å². The zero-order valence-corrected chi connectivity index (χ0v) is 12.8. The van der Waals surface area contributed by atoms with Crippen LogP contribution in [0.15, 0.2) is 29.2 Å². The summed E-state index contributed by atoms with van der Waals surface area (Å²) in [5.41, 5.74) is 1.02. The Kier molecular flexibility index (Phi) is 6.64. The summed E-state index contributed by atoms with van der Waals surface area (Å²) in [6.07, 6.45) is 3.94. The molecule has 0 amide bonds. The normalized spacial score (nSPS) is 17.3. The molecule has 0 radical (unpaired) electrons. The molecule has 108 valence electrons. The van der Waals surface area contributed by atoms with Crippen LogP contribution in [0.4, 0.5) is 0 Å². The number of piperazine rings is 1. The molecule has 0 aromatic heterocycles. The first-order valence-corrected chi connectivity index (χ1v) is 7.10. The summed E-state index contributed by atoms with van der Waals surface area (Å²) in [6, 6.07) is 0. The van der Waals surface area contributed by atoms with Gasteiger partial charge < -0.3 is 15.1 Å². The average molecular weight is 264 g/mol. The molecule has 4 heteroatoms. The monoisotopic (exact) mass is 264 g/mol. The van der Waals surface area contributed by atoms with Gasteiger partial charge in [-0.15, -0.1) is 0 Å². The van der Waals surface area contributed by atoms with Crippen LogP contribution in [0.3, 0.4) is 0 Å². The Morgan fingerprint density at radius 2 is 2.05 bits per heavy atom. The number of nitrogens with zero attached hydrogens (tertiary/aromatic N) is 3. The minimum absolute atomic E-state index is 0.632. The fourth-order valence-electron chi connectivity index (χ4n) is 2.16. The Morgan fingerprint density at radius 1 is 1.42 bits per heavy atom. The standard InChI is InChI=1S/C15H28N4/c1-6-17-15(19-9-7-16-8-10-19)11-14(4)18(5)12-13(2)3/h6,11,13,16H,4,7-10,12H2,1-3,5H3/b15-11+,17-6-. The summed E-state index contributed by atoms with van der Waals surface area (Å²) in [5, 5.41) is 3.36. The Morgan fingerprint density at radius 3 is 2.58 bits per heavy atom. The zero-order valence-electron chi connectivity index (χ0n) is 12.8. The lowest BCUT2D eigenvalue weighted by Crippen LogP contribution is -2.42. The predicted octanol–water partition coefficient (Wildman–Crippen LogP) is 1.93. The largest absolute Gasteiger partial charge is 0.375 e. The third-order valence-corrected chi connectivity index (χ3v) is 3.13. The summed E-state index contributed by atoms with van der Waals surface area (Å²) in [6.45, 7) is 15.6. The second-order valence-electron chi connectivity index (χ2n) is 5.39. The minimum atomic E-state index is 0.632. The Hall–Kier alpha value is -1.29. The first kappa shape index (κ1) is 15.8. The summed E-state index contributed by atoms with van der Waals surface area (Å²) >= 11 is 0. The van der Waals surface area contributed by atoms with Crippen LogP contribution >= 0.6 is 0 Å². The van der Waals surface area contributed by atoms with Crippen molar-refractivity contribution >= 4 is 6.21 Å². The molecule has 0 spiro atoms. The van der Waals surface area contributed by atoms with Crippen molar-refractivity contribution in [2.75, 3.05) is 39.8 Å². The molecular weight excluding hydrogens is 236 g/mol. The lowest BCUT2D eigenvalue weighted by molar-refractivity contribution is 0.295. The zero-order chi connectivity index (χ0) is 14.3. The van der Waals surface area contributed by atoms with Gasteiger partial charge in [0, 0.05) is 57.8 Å². The smallest absolute Gasteiger partial charge is 0.130 e.